The number of rotatable bonds is 3. The van der Waals surface area contributed by atoms with Gasteiger partial charge in [0.15, 0.2) is 5.82 Å². The summed E-state index contributed by atoms with van der Waals surface area (Å²) in [6, 6.07) is 9.08. The van der Waals surface area contributed by atoms with E-state index in [1.807, 2.05) is 30.3 Å². The Kier molecular flexibility index (Phi) is 4.27. The van der Waals surface area contributed by atoms with Crippen LogP contribution in [0.5, 0.6) is 0 Å². The number of alkyl halides is 3. The highest BCUT2D eigenvalue weighted by Gasteiger charge is 2.40. The molecule has 0 radical (unpaired) electrons. The summed E-state index contributed by atoms with van der Waals surface area (Å²) in [4.78, 5) is 14.2. The summed E-state index contributed by atoms with van der Waals surface area (Å²) in [6.45, 7) is 0.288. The van der Waals surface area contributed by atoms with Gasteiger partial charge >= 0.3 is 6.18 Å². The Morgan fingerprint density at radius 3 is 2.54 bits per heavy atom. The van der Waals surface area contributed by atoms with Crippen LogP contribution >= 0.6 is 0 Å². The molecule has 1 amide bonds. The van der Waals surface area contributed by atoms with Crippen LogP contribution in [0.3, 0.4) is 0 Å². The molecule has 0 spiro atoms. The maximum absolute atomic E-state index is 12.8. The Bertz CT molecular complexity index is 728. The van der Waals surface area contributed by atoms with Crippen molar-refractivity contribution < 1.29 is 18.0 Å². The summed E-state index contributed by atoms with van der Waals surface area (Å²) in [5, 5.41) is 6.79. The summed E-state index contributed by atoms with van der Waals surface area (Å²) in [7, 11) is 0. The van der Waals surface area contributed by atoms with E-state index in [1.54, 1.807) is 0 Å². The van der Waals surface area contributed by atoms with Crippen LogP contribution in [0.4, 0.5) is 13.2 Å². The Hall–Kier alpha value is -2.42. The van der Waals surface area contributed by atoms with Crippen LogP contribution in [-0.4, -0.2) is 38.7 Å². The number of benzene rings is 1. The van der Waals surface area contributed by atoms with Crippen molar-refractivity contribution in [2.24, 2.45) is 5.73 Å². The van der Waals surface area contributed by atoms with Gasteiger partial charge in [0.25, 0.3) is 0 Å². The average Bonchev–Trinajstić information content (AvgIpc) is 2.99. The highest BCUT2D eigenvalue weighted by Crippen LogP contribution is 2.30. The molecule has 1 unspecified atom stereocenters. The Morgan fingerprint density at radius 1 is 1.21 bits per heavy atom. The summed E-state index contributed by atoms with van der Waals surface area (Å²) in [5.74, 6) is -1.64. The van der Waals surface area contributed by atoms with E-state index in [2.05, 4.69) is 10.2 Å². The van der Waals surface area contributed by atoms with Crippen LogP contribution in [0, 0.1) is 0 Å². The SMILES string of the molecule is NCC(C(=O)N1CCn2c(nnc2C(F)(F)F)C1)c1ccccc1. The van der Waals surface area contributed by atoms with Gasteiger partial charge in [0.1, 0.15) is 0 Å². The zero-order valence-electron chi connectivity index (χ0n) is 12.7. The number of nitrogens with two attached hydrogens (primary N) is 1. The summed E-state index contributed by atoms with van der Waals surface area (Å²) >= 11 is 0. The predicted octanol–water partition coefficient (Wildman–Crippen LogP) is 1.38. The second-order valence-electron chi connectivity index (χ2n) is 5.55. The zero-order chi connectivity index (χ0) is 17.3. The van der Waals surface area contributed by atoms with Crippen LogP contribution in [-0.2, 0) is 24.1 Å². The van der Waals surface area contributed by atoms with Crippen molar-refractivity contribution in [2.45, 2.75) is 25.2 Å². The van der Waals surface area contributed by atoms with Gasteiger partial charge in [0.2, 0.25) is 11.7 Å². The number of carbonyl (C=O) groups excluding carboxylic acids is 1. The maximum atomic E-state index is 12.8. The van der Waals surface area contributed by atoms with Crippen LogP contribution < -0.4 is 5.73 Å². The molecule has 6 nitrogen and oxygen atoms in total. The van der Waals surface area contributed by atoms with E-state index in [9.17, 15) is 18.0 Å². The molecule has 2 N–H and O–H groups in total. The van der Waals surface area contributed by atoms with Crippen molar-refractivity contribution >= 4 is 5.91 Å². The van der Waals surface area contributed by atoms with E-state index in [0.717, 1.165) is 10.1 Å². The number of amides is 1. The van der Waals surface area contributed by atoms with Crippen LogP contribution in [0.15, 0.2) is 30.3 Å². The van der Waals surface area contributed by atoms with Crippen molar-refractivity contribution in [3.63, 3.8) is 0 Å². The molecule has 0 bridgehead atoms. The molecule has 0 fully saturated rings. The molecule has 1 aliphatic heterocycles. The Morgan fingerprint density at radius 2 is 1.92 bits per heavy atom. The second-order valence-corrected chi connectivity index (χ2v) is 5.55. The first kappa shape index (κ1) is 16.4. The quantitative estimate of drug-likeness (QED) is 0.917. The van der Waals surface area contributed by atoms with Crippen molar-refractivity contribution in [3.8, 4) is 0 Å². The van der Waals surface area contributed by atoms with Gasteiger partial charge in [0, 0.05) is 19.6 Å². The van der Waals surface area contributed by atoms with Gasteiger partial charge in [-0.2, -0.15) is 13.2 Å². The monoisotopic (exact) mass is 339 g/mol. The molecular formula is C15H16F3N5O. The molecule has 128 valence electrons. The second kappa shape index (κ2) is 6.23. The highest BCUT2D eigenvalue weighted by molar-refractivity contribution is 5.84. The van der Waals surface area contributed by atoms with E-state index in [4.69, 9.17) is 5.73 Å². The largest absolute Gasteiger partial charge is 0.451 e. The fraction of sp³-hybridized carbons (Fsp3) is 0.400. The van der Waals surface area contributed by atoms with E-state index >= 15 is 0 Å². The maximum Gasteiger partial charge on any atom is 0.451 e. The van der Waals surface area contributed by atoms with Crippen molar-refractivity contribution in [3.05, 3.63) is 47.5 Å². The molecule has 1 aliphatic rings. The molecule has 0 saturated heterocycles. The summed E-state index contributed by atoms with van der Waals surface area (Å²) in [5.41, 5.74) is 6.52. The molecule has 9 heteroatoms. The minimum Gasteiger partial charge on any atom is -0.333 e. The van der Waals surface area contributed by atoms with Crippen molar-refractivity contribution in [1.29, 1.82) is 0 Å². The Balaban J connectivity index is 1.80. The van der Waals surface area contributed by atoms with Gasteiger partial charge in [-0.25, -0.2) is 0 Å². The number of aromatic nitrogens is 3. The lowest BCUT2D eigenvalue weighted by Gasteiger charge is -2.31. The lowest BCUT2D eigenvalue weighted by molar-refractivity contribution is -0.148. The normalized spacial score (nSPS) is 15.9. The van der Waals surface area contributed by atoms with E-state index in [0.29, 0.717) is 0 Å². The topological polar surface area (TPSA) is 77.0 Å². The van der Waals surface area contributed by atoms with Gasteiger partial charge in [-0.3, -0.25) is 4.79 Å². The summed E-state index contributed by atoms with van der Waals surface area (Å²) < 4.78 is 39.6. The minimum absolute atomic E-state index is 0.00868. The molecule has 24 heavy (non-hydrogen) atoms. The lowest BCUT2D eigenvalue weighted by atomic mass is 9.97. The number of hydrogen-bond donors (Lipinski definition) is 1. The van der Waals surface area contributed by atoms with Gasteiger partial charge in [-0.05, 0) is 5.56 Å². The molecular weight excluding hydrogens is 323 g/mol. The van der Waals surface area contributed by atoms with Crippen molar-refractivity contribution in [2.75, 3.05) is 13.1 Å². The molecule has 0 aliphatic carbocycles. The molecule has 3 rings (SSSR count). The number of fused-ring (bicyclic) bond motifs is 1. The molecule has 1 atom stereocenters. The molecule has 2 aromatic rings. The van der Waals surface area contributed by atoms with Gasteiger partial charge in [-0.1, -0.05) is 30.3 Å². The van der Waals surface area contributed by atoms with E-state index in [-0.39, 0.29) is 37.9 Å². The lowest BCUT2D eigenvalue weighted by Crippen LogP contribution is -2.43. The predicted molar refractivity (Wildman–Crippen MR) is 78.7 cm³/mol. The fourth-order valence-electron chi connectivity index (χ4n) is 2.84. The van der Waals surface area contributed by atoms with Crippen LogP contribution in [0.1, 0.15) is 23.1 Å². The number of carbonyl (C=O) groups is 1. The third-order valence-electron chi connectivity index (χ3n) is 4.05. The third kappa shape index (κ3) is 2.99. The first-order valence-corrected chi connectivity index (χ1v) is 7.45. The van der Waals surface area contributed by atoms with Crippen LogP contribution in [0.25, 0.3) is 0 Å². The van der Waals surface area contributed by atoms with E-state index < -0.39 is 17.9 Å². The minimum atomic E-state index is -4.55. The summed E-state index contributed by atoms with van der Waals surface area (Å²) in [6.07, 6.45) is -4.55. The van der Waals surface area contributed by atoms with Gasteiger partial charge in [-0.15, -0.1) is 10.2 Å². The standard InChI is InChI=1S/C15H16F3N5O/c16-15(17,18)14-21-20-12-9-22(6-7-23(12)14)13(24)11(8-19)10-4-2-1-3-5-10/h1-5,11H,6-9,19H2. The molecule has 2 heterocycles. The number of hydrogen-bond acceptors (Lipinski definition) is 4. The van der Waals surface area contributed by atoms with Gasteiger partial charge < -0.3 is 15.2 Å². The number of nitrogens with zero attached hydrogens (tertiary/aromatic N) is 4. The highest BCUT2D eigenvalue weighted by atomic mass is 19.4. The van der Waals surface area contributed by atoms with Crippen LogP contribution in [0.2, 0.25) is 0 Å². The molecule has 0 saturated carbocycles. The van der Waals surface area contributed by atoms with E-state index in [1.165, 1.54) is 4.90 Å². The Labute approximate surface area is 136 Å². The van der Waals surface area contributed by atoms with Gasteiger partial charge in [0.05, 0.1) is 12.5 Å². The number of halogens is 3. The van der Waals surface area contributed by atoms with Crippen molar-refractivity contribution in [1.82, 2.24) is 19.7 Å². The smallest absolute Gasteiger partial charge is 0.333 e. The average molecular weight is 339 g/mol. The zero-order valence-corrected chi connectivity index (χ0v) is 12.7. The first-order valence-electron chi connectivity index (χ1n) is 7.45. The first-order chi connectivity index (χ1) is 11.4. The fourth-order valence-corrected chi connectivity index (χ4v) is 2.84. The third-order valence-corrected chi connectivity index (χ3v) is 4.05. The molecule has 1 aromatic carbocycles. The molecule has 1 aromatic heterocycles.